The lowest BCUT2D eigenvalue weighted by atomic mass is 9.93. The van der Waals surface area contributed by atoms with Crippen molar-refractivity contribution >= 4 is 26.7 Å². The number of nitrogens with zero attached hydrogens (tertiary/aromatic N) is 2. The van der Waals surface area contributed by atoms with Gasteiger partial charge in [-0.05, 0) is 0 Å². The lowest BCUT2D eigenvalue weighted by Crippen LogP contribution is -2.48. The second kappa shape index (κ2) is 5.35. The van der Waals surface area contributed by atoms with E-state index >= 15 is 0 Å². The van der Waals surface area contributed by atoms with Gasteiger partial charge in [0, 0.05) is 37.0 Å². The van der Waals surface area contributed by atoms with Crippen LogP contribution in [-0.2, 0) is 15.6 Å². The van der Waals surface area contributed by atoms with Gasteiger partial charge in [0.1, 0.15) is 0 Å². The van der Waals surface area contributed by atoms with Crippen LogP contribution in [0.2, 0.25) is 0 Å². The highest BCUT2D eigenvalue weighted by Gasteiger charge is 2.25. The van der Waals surface area contributed by atoms with Crippen LogP contribution >= 0.6 is 11.3 Å². The minimum Gasteiger partial charge on any atom is -0.314 e. The molecule has 6 nitrogen and oxygen atoms in total. The van der Waals surface area contributed by atoms with Gasteiger partial charge in [-0.15, -0.1) is 11.3 Å². The summed E-state index contributed by atoms with van der Waals surface area (Å²) in [5.41, 5.74) is 0.824. The van der Waals surface area contributed by atoms with Crippen molar-refractivity contribution < 1.29 is 8.42 Å². The van der Waals surface area contributed by atoms with E-state index in [1.165, 1.54) is 15.6 Å². The Hall–Kier alpha value is -0.700. The number of hydrogen-bond donors (Lipinski definition) is 2. The van der Waals surface area contributed by atoms with Gasteiger partial charge >= 0.3 is 10.2 Å². The SMILES string of the molecule is CC(C)(C)c1csc(NS(=O)(=O)N2CCNCC2)n1. The molecule has 2 rings (SSSR count). The van der Waals surface area contributed by atoms with Crippen LogP contribution in [0.3, 0.4) is 0 Å². The molecule has 1 aliphatic heterocycles. The maximum Gasteiger partial charge on any atom is 0.303 e. The van der Waals surface area contributed by atoms with Gasteiger partial charge in [-0.1, -0.05) is 20.8 Å². The molecule has 0 unspecified atom stereocenters. The van der Waals surface area contributed by atoms with Crippen LogP contribution < -0.4 is 10.0 Å². The standard InChI is InChI=1S/C11H20N4O2S2/c1-11(2,3)9-8-18-10(13-9)14-19(16,17)15-6-4-12-5-7-15/h8,12H,4-7H2,1-3H3,(H,13,14). The average Bonchev–Trinajstić information content (AvgIpc) is 2.78. The summed E-state index contributed by atoms with van der Waals surface area (Å²) in [7, 11) is -3.48. The normalized spacial score (nSPS) is 18.5. The van der Waals surface area contributed by atoms with E-state index in [9.17, 15) is 8.42 Å². The number of hydrogen-bond acceptors (Lipinski definition) is 5. The first-order valence-corrected chi connectivity index (χ1v) is 8.56. The van der Waals surface area contributed by atoms with Crippen molar-refractivity contribution in [2.24, 2.45) is 0 Å². The van der Waals surface area contributed by atoms with E-state index < -0.39 is 10.2 Å². The highest BCUT2D eigenvalue weighted by molar-refractivity contribution is 7.90. The molecule has 0 spiro atoms. The molecular formula is C11H20N4O2S2. The van der Waals surface area contributed by atoms with Gasteiger partial charge in [-0.2, -0.15) is 12.7 Å². The van der Waals surface area contributed by atoms with Crippen molar-refractivity contribution in [3.05, 3.63) is 11.1 Å². The van der Waals surface area contributed by atoms with Gasteiger partial charge in [0.15, 0.2) is 5.13 Å². The fraction of sp³-hybridized carbons (Fsp3) is 0.727. The van der Waals surface area contributed by atoms with E-state index in [1.54, 1.807) is 0 Å². The average molecular weight is 304 g/mol. The van der Waals surface area contributed by atoms with E-state index in [2.05, 4.69) is 35.8 Å². The van der Waals surface area contributed by atoms with Crippen LogP contribution in [0.5, 0.6) is 0 Å². The van der Waals surface area contributed by atoms with Gasteiger partial charge in [-0.3, -0.25) is 0 Å². The number of rotatable bonds is 3. The van der Waals surface area contributed by atoms with Crippen molar-refractivity contribution in [1.29, 1.82) is 0 Å². The molecule has 0 bridgehead atoms. The molecule has 2 N–H and O–H groups in total. The zero-order valence-corrected chi connectivity index (χ0v) is 13.1. The zero-order chi connectivity index (χ0) is 14.1. The molecule has 1 aromatic heterocycles. The molecule has 1 aromatic rings. The Labute approximate surface area is 118 Å². The number of anilines is 1. The summed E-state index contributed by atoms with van der Waals surface area (Å²) in [6.07, 6.45) is 0. The lowest BCUT2D eigenvalue weighted by molar-refractivity contribution is 0.362. The summed E-state index contributed by atoms with van der Waals surface area (Å²) in [5, 5.41) is 5.46. The fourth-order valence-corrected chi connectivity index (χ4v) is 4.07. The van der Waals surface area contributed by atoms with Crippen LogP contribution in [-0.4, -0.2) is 43.9 Å². The Bertz CT molecular complexity index is 527. The van der Waals surface area contributed by atoms with Crippen molar-refractivity contribution in [2.45, 2.75) is 26.2 Å². The van der Waals surface area contributed by atoms with Crippen molar-refractivity contribution in [3.8, 4) is 0 Å². The largest absolute Gasteiger partial charge is 0.314 e. The lowest BCUT2D eigenvalue weighted by Gasteiger charge is -2.26. The van der Waals surface area contributed by atoms with Gasteiger partial charge in [0.2, 0.25) is 0 Å². The highest BCUT2D eigenvalue weighted by Crippen LogP contribution is 2.27. The molecule has 0 aliphatic carbocycles. The summed E-state index contributed by atoms with van der Waals surface area (Å²) in [6, 6.07) is 0. The minimum atomic E-state index is -3.48. The Morgan fingerprint density at radius 1 is 1.37 bits per heavy atom. The maximum absolute atomic E-state index is 12.2. The van der Waals surface area contributed by atoms with Crippen molar-refractivity contribution in [1.82, 2.24) is 14.6 Å². The monoisotopic (exact) mass is 304 g/mol. The van der Waals surface area contributed by atoms with E-state index in [1.807, 2.05) is 5.38 Å². The minimum absolute atomic E-state index is 0.0742. The van der Waals surface area contributed by atoms with Crippen LogP contribution in [0.15, 0.2) is 5.38 Å². The van der Waals surface area contributed by atoms with E-state index in [0.29, 0.717) is 31.3 Å². The first-order valence-electron chi connectivity index (χ1n) is 6.24. The first kappa shape index (κ1) is 14.7. The number of nitrogens with one attached hydrogen (secondary N) is 2. The molecule has 8 heteroatoms. The molecular weight excluding hydrogens is 284 g/mol. The predicted molar refractivity (Wildman–Crippen MR) is 77.8 cm³/mol. The summed E-state index contributed by atoms with van der Waals surface area (Å²) >= 11 is 1.32. The Kier molecular flexibility index (Phi) is 4.14. The Balaban J connectivity index is 2.09. The van der Waals surface area contributed by atoms with Gasteiger partial charge < -0.3 is 5.32 Å². The van der Waals surface area contributed by atoms with Crippen molar-refractivity contribution in [3.63, 3.8) is 0 Å². The van der Waals surface area contributed by atoms with Gasteiger partial charge in [0.25, 0.3) is 0 Å². The zero-order valence-electron chi connectivity index (χ0n) is 11.4. The molecule has 0 atom stereocenters. The molecule has 0 amide bonds. The van der Waals surface area contributed by atoms with Crippen LogP contribution in [0, 0.1) is 0 Å². The quantitative estimate of drug-likeness (QED) is 0.874. The summed E-state index contributed by atoms with van der Waals surface area (Å²) < 4.78 is 28.3. The Morgan fingerprint density at radius 2 is 2.00 bits per heavy atom. The van der Waals surface area contributed by atoms with E-state index in [0.717, 1.165) is 5.69 Å². The number of thiazole rings is 1. The third kappa shape index (κ3) is 3.65. The highest BCUT2D eigenvalue weighted by atomic mass is 32.2. The molecule has 0 saturated carbocycles. The molecule has 1 aliphatic rings. The smallest absolute Gasteiger partial charge is 0.303 e. The molecule has 0 aromatic carbocycles. The third-order valence-electron chi connectivity index (χ3n) is 2.90. The van der Waals surface area contributed by atoms with Gasteiger partial charge in [0.05, 0.1) is 5.69 Å². The summed E-state index contributed by atoms with van der Waals surface area (Å²) in [5.74, 6) is 0. The third-order valence-corrected chi connectivity index (χ3v) is 5.29. The first-order chi connectivity index (χ1) is 8.79. The molecule has 108 valence electrons. The van der Waals surface area contributed by atoms with Crippen LogP contribution in [0.1, 0.15) is 26.5 Å². The summed E-state index contributed by atoms with van der Waals surface area (Å²) in [6.45, 7) is 8.52. The van der Waals surface area contributed by atoms with Crippen LogP contribution in [0.25, 0.3) is 0 Å². The number of aromatic nitrogens is 1. The molecule has 2 heterocycles. The fourth-order valence-electron chi connectivity index (χ4n) is 1.72. The van der Waals surface area contributed by atoms with Crippen LogP contribution in [0.4, 0.5) is 5.13 Å². The number of piperazine rings is 1. The second-order valence-electron chi connectivity index (χ2n) is 5.54. The van der Waals surface area contributed by atoms with E-state index in [-0.39, 0.29) is 5.41 Å². The molecule has 19 heavy (non-hydrogen) atoms. The van der Waals surface area contributed by atoms with Gasteiger partial charge in [-0.25, -0.2) is 9.71 Å². The maximum atomic E-state index is 12.2. The summed E-state index contributed by atoms with van der Waals surface area (Å²) in [4.78, 5) is 4.35. The van der Waals surface area contributed by atoms with Crippen molar-refractivity contribution in [2.75, 3.05) is 30.9 Å². The second-order valence-corrected chi connectivity index (χ2v) is 8.07. The molecule has 0 radical (unpaired) electrons. The molecule has 1 fully saturated rings. The Morgan fingerprint density at radius 3 is 2.53 bits per heavy atom. The topological polar surface area (TPSA) is 74.3 Å². The molecule has 1 saturated heterocycles. The van der Waals surface area contributed by atoms with E-state index in [4.69, 9.17) is 0 Å². The predicted octanol–water partition coefficient (Wildman–Crippen LogP) is 1.00.